The SMILES string of the molecule is NCc1cccnc1N1CCc2sccc2C1. The predicted molar refractivity (Wildman–Crippen MR) is 71.2 cm³/mol. The zero-order chi connectivity index (χ0) is 11.7. The van der Waals surface area contributed by atoms with Gasteiger partial charge in [-0.2, -0.15) is 0 Å². The number of nitrogens with two attached hydrogens (primary N) is 1. The minimum atomic E-state index is 0.552. The Balaban J connectivity index is 1.91. The number of rotatable bonds is 2. The van der Waals surface area contributed by atoms with Crippen molar-refractivity contribution in [1.82, 2.24) is 4.98 Å². The van der Waals surface area contributed by atoms with Crippen LogP contribution in [0, 0.1) is 0 Å². The zero-order valence-corrected chi connectivity index (χ0v) is 10.4. The fourth-order valence-electron chi connectivity index (χ4n) is 2.30. The fourth-order valence-corrected chi connectivity index (χ4v) is 3.19. The Kier molecular flexibility index (Phi) is 2.82. The molecule has 2 aromatic heterocycles. The topological polar surface area (TPSA) is 42.1 Å². The van der Waals surface area contributed by atoms with Crippen LogP contribution in [-0.4, -0.2) is 11.5 Å². The third-order valence-electron chi connectivity index (χ3n) is 3.19. The normalized spacial score (nSPS) is 14.8. The number of aromatic nitrogens is 1. The molecule has 2 N–H and O–H groups in total. The molecule has 88 valence electrons. The number of pyridine rings is 1. The number of thiophene rings is 1. The van der Waals surface area contributed by atoms with Crippen LogP contribution in [0.1, 0.15) is 16.0 Å². The van der Waals surface area contributed by atoms with Crippen LogP contribution >= 0.6 is 11.3 Å². The van der Waals surface area contributed by atoms with E-state index in [4.69, 9.17) is 5.73 Å². The van der Waals surface area contributed by atoms with Gasteiger partial charge < -0.3 is 10.6 Å². The molecule has 0 atom stereocenters. The van der Waals surface area contributed by atoms with E-state index in [9.17, 15) is 0 Å². The van der Waals surface area contributed by atoms with E-state index in [1.807, 2.05) is 23.6 Å². The molecule has 0 fully saturated rings. The molecule has 0 amide bonds. The van der Waals surface area contributed by atoms with Crippen LogP contribution < -0.4 is 10.6 Å². The molecular formula is C13H15N3S. The van der Waals surface area contributed by atoms with E-state index in [0.717, 1.165) is 30.9 Å². The summed E-state index contributed by atoms with van der Waals surface area (Å²) in [6.45, 7) is 2.55. The molecule has 1 aliphatic rings. The Hall–Kier alpha value is -1.39. The second kappa shape index (κ2) is 4.47. The zero-order valence-electron chi connectivity index (χ0n) is 9.60. The molecule has 0 saturated heterocycles. The lowest BCUT2D eigenvalue weighted by Crippen LogP contribution is -2.31. The van der Waals surface area contributed by atoms with E-state index in [2.05, 4.69) is 27.4 Å². The van der Waals surface area contributed by atoms with E-state index in [-0.39, 0.29) is 0 Å². The molecule has 2 aromatic rings. The van der Waals surface area contributed by atoms with E-state index in [1.54, 1.807) is 0 Å². The molecule has 4 heteroatoms. The predicted octanol–water partition coefficient (Wildman–Crippen LogP) is 2.16. The molecule has 17 heavy (non-hydrogen) atoms. The third kappa shape index (κ3) is 1.94. The number of fused-ring (bicyclic) bond motifs is 1. The van der Waals surface area contributed by atoms with Gasteiger partial charge in [-0.1, -0.05) is 6.07 Å². The Morgan fingerprint density at radius 2 is 2.35 bits per heavy atom. The molecule has 0 saturated carbocycles. The Labute approximate surface area is 105 Å². The van der Waals surface area contributed by atoms with Crippen molar-refractivity contribution in [1.29, 1.82) is 0 Å². The maximum Gasteiger partial charge on any atom is 0.133 e. The summed E-state index contributed by atoms with van der Waals surface area (Å²) in [7, 11) is 0. The van der Waals surface area contributed by atoms with E-state index in [1.165, 1.54) is 10.4 Å². The molecule has 0 bridgehead atoms. The van der Waals surface area contributed by atoms with Gasteiger partial charge in [0, 0.05) is 36.3 Å². The summed E-state index contributed by atoms with van der Waals surface area (Å²) in [5.74, 6) is 1.05. The number of nitrogens with zero attached hydrogens (tertiary/aromatic N) is 2. The second-order valence-electron chi connectivity index (χ2n) is 4.23. The van der Waals surface area contributed by atoms with Crippen molar-refractivity contribution in [2.75, 3.05) is 11.4 Å². The highest BCUT2D eigenvalue weighted by Gasteiger charge is 2.19. The standard InChI is InChI=1S/C13H15N3S/c14-8-10-2-1-5-15-13(10)16-6-3-12-11(9-16)4-7-17-12/h1-2,4-5,7H,3,6,8-9,14H2. The average molecular weight is 245 g/mol. The smallest absolute Gasteiger partial charge is 0.133 e. The largest absolute Gasteiger partial charge is 0.352 e. The van der Waals surface area contributed by atoms with Gasteiger partial charge >= 0.3 is 0 Å². The van der Waals surface area contributed by atoms with Crippen LogP contribution in [0.2, 0.25) is 0 Å². The minimum Gasteiger partial charge on any atom is -0.352 e. The van der Waals surface area contributed by atoms with Gasteiger partial charge in [-0.05, 0) is 29.5 Å². The van der Waals surface area contributed by atoms with Crippen molar-refractivity contribution in [2.45, 2.75) is 19.5 Å². The minimum absolute atomic E-state index is 0.552. The molecule has 0 aromatic carbocycles. The lowest BCUT2D eigenvalue weighted by Gasteiger charge is -2.29. The lowest BCUT2D eigenvalue weighted by molar-refractivity contribution is 0.725. The molecule has 3 heterocycles. The Bertz CT molecular complexity index is 521. The molecule has 0 aliphatic carbocycles. The van der Waals surface area contributed by atoms with E-state index in [0.29, 0.717) is 6.54 Å². The van der Waals surface area contributed by atoms with Gasteiger partial charge in [-0.25, -0.2) is 4.98 Å². The highest BCUT2D eigenvalue weighted by Crippen LogP contribution is 2.28. The van der Waals surface area contributed by atoms with Gasteiger partial charge in [0.05, 0.1) is 0 Å². The van der Waals surface area contributed by atoms with Crippen LogP contribution in [0.5, 0.6) is 0 Å². The first-order valence-corrected chi connectivity index (χ1v) is 6.70. The van der Waals surface area contributed by atoms with Crippen molar-refractivity contribution in [3.8, 4) is 0 Å². The van der Waals surface area contributed by atoms with Crippen molar-refractivity contribution < 1.29 is 0 Å². The van der Waals surface area contributed by atoms with Crippen LogP contribution in [0.25, 0.3) is 0 Å². The number of anilines is 1. The highest BCUT2D eigenvalue weighted by atomic mass is 32.1. The molecule has 1 aliphatic heterocycles. The first-order chi connectivity index (χ1) is 8.38. The maximum atomic E-state index is 5.77. The van der Waals surface area contributed by atoms with Gasteiger partial charge in [0.25, 0.3) is 0 Å². The van der Waals surface area contributed by atoms with E-state index < -0.39 is 0 Å². The third-order valence-corrected chi connectivity index (χ3v) is 4.22. The van der Waals surface area contributed by atoms with Crippen LogP contribution in [0.4, 0.5) is 5.82 Å². The summed E-state index contributed by atoms with van der Waals surface area (Å²) in [5, 5.41) is 2.18. The van der Waals surface area contributed by atoms with Crippen molar-refractivity contribution in [3.05, 3.63) is 45.8 Å². The summed E-state index contributed by atoms with van der Waals surface area (Å²) in [4.78, 5) is 8.33. The lowest BCUT2D eigenvalue weighted by atomic mass is 10.1. The molecule has 0 radical (unpaired) electrons. The number of hydrogen-bond acceptors (Lipinski definition) is 4. The Morgan fingerprint density at radius 1 is 1.41 bits per heavy atom. The van der Waals surface area contributed by atoms with Crippen LogP contribution in [0.3, 0.4) is 0 Å². The molecule has 3 nitrogen and oxygen atoms in total. The van der Waals surface area contributed by atoms with Gasteiger partial charge in [0.15, 0.2) is 0 Å². The summed E-state index contributed by atoms with van der Waals surface area (Å²) in [6, 6.07) is 6.23. The molecule has 0 spiro atoms. The summed E-state index contributed by atoms with van der Waals surface area (Å²) in [5.41, 5.74) is 8.34. The van der Waals surface area contributed by atoms with Crippen LogP contribution in [-0.2, 0) is 19.5 Å². The van der Waals surface area contributed by atoms with Gasteiger partial charge in [0.1, 0.15) is 5.82 Å². The van der Waals surface area contributed by atoms with Gasteiger partial charge in [-0.15, -0.1) is 11.3 Å². The summed E-state index contributed by atoms with van der Waals surface area (Å²) < 4.78 is 0. The van der Waals surface area contributed by atoms with E-state index >= 15 is 0 Å². The first kappa shape index (κ1) is 10.7. The molecule has 3 rings (SSSR count). The highest BCUT2D eigenvalue weighted by molar-refractivity contribution is 7.10. The monoisotopic (exact) mass is 245 g/mol. The van der Waals surface area contributed by atoms with Gasteiger partial charge in [-0.3, -0.25) is 0 Å². The molecular weight excluding hydrogens is 230 g/mol. The number of hydrogen-bond donors (Lipinski definition) is 1. The van der Waals surface area contributed by atoms with Crippen LogP contribution in [0.15, 0.2) is 29.8 Å². The van der Waals surface area contributed by atoms with Gasteiger partial charge in [0.2, 0.25) is 0 Å². The fraction of sp³-hybridized carbons (Fsp3) is 0.308. The summed E-state index contributed by atoms with van der Waals surface area (Å²) >= 11 is 1.86. The summed E-state index contributed by atoms with van der Waals surface area (Å²) in [6.07, 6.45) is 2.96. The van der Waals surface area contributed by atoms with Crippen molar-refractivity contribution in [2.24, 2.45) is 5.73 Å². The quantitative estimate of drug-likeness (QED) is 0.881. The molecule has 0 unspecified atom stereocenters. The Morgan fingerprint density at radius 3 is 3.24 bits per heavy atom. The first-order valence-electron chi connectivity index (χ1n) is 5.82. The maximum absolute atomic E-state index is 5.77. The second-order valence-corrected chi connectivity index (χ2v) is 5.23. The van der Waals surface area contributed by atoms with Crippen molar-refractivity contribution >= 4 is 17.2 Å². The van der Waals surface area contributed by atoms with Crippen molar-refractivity contribution in [3.63, 3.8) is 0 Å². The average Bonchev–Trinajstić information content (AvgIpc) is 2.85.